The van der Waals surface area contributed by atoms with Gasteiger partial charge in [0.1, 0.15) is 19.8 Å². The van der Waals surface area contributed by atoms with Crippen molar-refractivity contribution in [3.05, 3.63) is 12.2 Å². The van der Waals surface area contributed by atoms with E-state index in [4.69, 9.17) is 18.5 Å². The smallest absolute Gasteiger partial charge is 0.306 e. The molecule has 0 aliphatic carbocycles. The minimum atomic E-state index is -4.61. The summed E-state index contributed by atoms with van der Waals surface area (Å²) in [4.78, 5) is 37.3. The second kappa shape index (κ2) is 32.6. The molecule has 0 bridgehead atoms. The first-order valence-corrected chi connectivity index (χ1v) is 21.4. The van der Waals surface area contributed by atoms with Crippen molar-refractivity contribution in [3.8, 4) is 0 Å². The number of likely N-dealkylation sites (N-methyl/N-ethyl adjacent to an activating group) is 1. The average molecular weight is 718 g/mol. The number of phosphoric ester groups is 1. The van der Waals surface area contributed by atoms with Gasteiger partial charge in [0.25, 0.3) is 7.82 Å². The number of quaternary nitrogens is 1. The van der Waals surface area contributed by atoms with E-state index in [-0.39, 0.29) is 32.0 Å². The number of phosphoric acid groups is 1. The third-order valence-electron chi connectivity index (χ3n) is 8.54. The lowest BCUT2D eigenvalue weighted by atomic mass is 10.1. The molecular weight excluding hydrogens is 641 g/mol. The van der Waals surface area contributed by atoms with Crippen molar-refractivity contribution in [3.63, 3.8) is 0 Å². The zero-order chi connectivity index (χ0) is 36.5. The van der Waals surface area contributed by atoms with Crippen LogP contribution >= 0.6 is 7.82 Å². The van der Waals surface area contributed by atoms with Crippen LogP contribution in [0.1, 0.15) is 174 Å². The summed E-state index contributed by atoms with van der Waals surface area (Å²) in [6.45, 7) is 4.19. The Morgan fingerprint density at radius 1 is 0.612 bits per heavy atom. The molecular formula is C39H76NO8P. The first kappa shape index (κ1) is 47.8. The lowest BCUT2D eigenvalue weighted by molar-refractivity contribution is -0.870. The van der Waals surface area contributed by atoms with Gasteiger partial charge in [-0.25, -0.2) is 0 Å². The van der Waals surface area contributed by atoms with Crippen LogP contribution in [0.25, 0.3) is 0 Å². The van der Waals surface area contributed by atoms with E-state index in [1.54, 1.807) is 0 Å². The van der Waals surface area contributed by atoms with Gasteiger partial charge >= 0.3 is 11.9 Å². The minimum Gasteiger partial charge on any atom is -0.756 e. The van der Waals surface area contributed by atoms with Crippen LogP contribution in [-0.2, 0) is 32.7 Å². The van der Waals surface area contributed by atoms with Crippen LogP contribution < -0.4 is 4.89 Å². The summed E-state index contributed by atoms with van der Waals surface area (Å²) >= 11 is 0. The molecule has 0 aromatic carbocycles. The van der Waals surface area contributed by atoms with Gasteiger partial charge < -0.3 is 27.9 Å². The Labute approximate surface area is 301 Å². The molecule has 0 saturated carbocycles. The lowest BCUT2D eigenvalue weighted by Crippen LogP contribution is -2.37. The summed E-state index contributed by atoms with van der Waals surface area (Å²) in [5.74, 6) is -0.842. The van der Waals surface area contributed by atoms with Crippen LogP contribution in [0, 0.1) is 0 Å². The van der Waals surface area contributed by atoms with Gasteiger partial charge in [0.15, 0.2) is 6.10 Å². The highest BCUT2D eigenvalue weighted by molar-refractivity contribution is 7.45. The second-order valence-corrected chi connectivity index (χ2v) is 16.1. The van der Waals surface area contributed by atoms with Crippen LogP contribution in [0.2, 0.25) is 0 Å². The van der Waals surface area contributed by atoms with E-state index < -0.39 is 26.5 Å². The molecule has 0 aromatic rings. The topological polar surface area (TPSA) is 111 Å². The molecule has 1 unspecified atom stereocenters. The Kier molecular flexibility index (Phi) is 31.8. The van der Waals surface area contributed by atoms with Crippen molar-refractivity contribution in [1.29, 1.82) is 0 Å². The number of hydrogen-bond acceptors (Lipinski definition) is 8. The number of ether oxygens (including phenoxy) is 2. The molecule has 0 aliphatic heterocycles. The second-order valence-electron chi connectivity index (χ2n) is 14.7. The van der Waals surface area contributed by atoms with Crippen molar-refractivity contribution in [2.75, 3.05) is 47.5 Å². The normalized spacial score (nSPS) is 13.8. The maximum Gasteiger partial charge on any atom is 0.306 e. The summed E-state index contributed by atoms with van der Waals surface area (Å²) in [6, 6.07) is 0. The summed E-state index contributed by atoms with van der Waals surface area (Å²) in [7, 11) is 1.17. The zero-order valence-corrected chi connectivity index (χ0v) is 33.3. The molecule has 0 fully saturated rings. The fourth-order valence-electron chi connectivity index (χ4n) is 5.35. The molecule has 0 aliphatic rings. The number of hydrogen-bond donors (Lipinski definition) is 0. The molecule has 0 radical (unpaired) electrons. The molecule has 2 atom stereocenters. The number of carbonyl (C=O) groups excluding carboxylic acids is 2. The highest BCUT2D eigenvalue weighted by Gasteiger charge is 2.21. The Morgan fingerprint density at radius 2 is 1.04 bits per heavy atom. The maximum atomic E-state index is 12.6. The summed E-state index contributed by atoms with van der Waals surface area (Å²) < 4.78 is 33.7. The number of allylic oxidation sites excluding steroid dienone is 2. The zero-order valence-electron chi connectivity index (χ0n) is 32.4. The van der Waals surface area contributed by atoms with Gasteiger partial charge in [-0.1, -0.05) is 135 Å². The average Bonchev–Trinajstić information content (AvgIpc) is 3.04. The van der Waals surface area contributed by atoms with Gasteiger partial charge in [0, 0.05) is 12.8 Å². The predicted octanol–water partition coefficient (Wildman–Crippen LogP) is 10.00. The number of rotatable bonds is 36. The fourth-order valence-corrected chi connectivity index (χ4v) is 6.08. The van der Waals surface area contributed by atoms with Gasteiger partial charge in [-0.15, -0.1) is 0 Å². The highest BCUT2D eigenvalue weighted by Crippen LogP contribution is 2.38. The fraction of sp³-hybridized carbons (Fsp3) is 0.897. The van der Waals surface area contributed by atoms with Crippen LogP contribution in [0.5, 0.6) is 0 Å². The van der Waals surface area contributed by atoms with Crippen molar-refractivity contribution in [2.24, 2.45) is 0 Å². The Bertz CT molecular complexity index is 860. The van der Waals surface area contributed by atoms with Crippen molar-refractivity contribution >= 4 is 19.8 Å². The van der Waals surface area contributed by atoms with E-state index in [0.29, 0.717) is 17.4 Å². The minimum absolute atomic E-state index is 0.0297. The van der Waals surface area contributed by atoms with Crippen molar-refractivity contribution in [2.45, 2.75) is 180 Å². The van der Waals surface area contributed by atoms with E-state index in [1.807, 2.05) is 21.1 Å². The number of carbonyl (C=O) groups is 2. The van der Waals surface area contributed by atoms with E-state index in [9.17, 15) is 19.0 Å². The summed E-state index contributed by atoms with van der Waals surface area (Å²) in [5.41, 5.74) is 0. The molecule has 49 heavy (non-hydrogen) atoms. The quantitative estimate of drug-likeness (QED) is 0.0207. The Balaban J connectivity index is 4.41. The molecule has 0 amide bonds. The third-order valence-corrected chi connectivity index (χ3v) is 9.50. The van der Waals surface area contributed by atoms with E-state index in [2.05, 4.69) is 26.0 Å². The van der Waals surface area contributed by atoms with E-state index in [1.165, 1.54) is 89.9 Å². The molecule has 290 valence electrons. The molecule has 0 N–H and O–H groups in total. The Morgan fingerprint density at radius 3 is 1.51 bits per heavy atom. The molecule has 0 saturated heterocycles. The first-order valence-electron chi connectivity index (χ1n) is 19.9. The van der Waals surface area contributed by atoms with Crippen molar-refractivity contribution < 1.29 is 42.1 Å². The van der Waals surface area contributed by atoms with Crippen molar-refractivity contribution in [1.82, 2.24) is 0 Å². The third kappa shape index (κ3) is 36.3. The molecule has 9 nitrogen and oxygen atoms in total. The van der Waals surface area contributed by atoms with Crippen LogP contribution in [-0.4, -0.2) is 70.0 Å². The van der Waals surface area contributed by atoms with Gasteiger partial charge in [-0.2, -0.15) is 0 Å². The molecule has 0 heterocycles. The van der Waals surface area contributed by atoms with Crippen LogP contribution in [0.3, 0.4) is 0 Å². The number of nitrogens with zero attached hydrogens (tertiary/aromatic N) is 1. The Hall–Kier alpha value is -1.25. The molecule has 0 rings (SSSR count). The molecule has 10 heteroatoms. The predicted molar refractivity (Wildman–Crippen MR) is 199 cm³/mol. The van der Waals surface area contributed by atoms with Gasteiger partial charge in [-0.05, 0) is 38.5 Å². The maximum absolute atomic E-state index is 12.6. The molecule has 0 spiro atoms. The largest absolute Gasteiger partial charge is 0.756 e. The molecule has 0 aromatic heterocycles. The number of unbranched alkanes of at least 4 members (excludes halogenated alkanes) is 20. The SMILES string of the molecule is CCCCCCCC/C=C/CCCCCCCC(=O)O[C@H](COC(=O)CCCCCCCCCCCC)COP(=O)([O-])OCC[N+](C)(C)C. The summed E-state index contributed by atoms with van der Waals surface area (Å²) in [5, 5.41) is 0. The standard InChI is InChI=1S/C39H76NO8P/c1-6-8-10-12-14-16-18-19-20-21-22-24-26-28-30-32-39(42)48-37(36-47-49(43,44)46-34-33-40(3,4)5)35-45-38(41)31-29-27-25-23-17-15-13-11-9-7-2/h19-20,37H,6-18,21-36H2,1-5H3/b20-19+/t37-/m1/s1. The van der Waals surface area contributed by atoms with Gasteiger partial charge in [0.05, 0.1) is 27.7 Å². The monoisotopic (exact) mass is 718 g/mol. The number of esters is 2. The van der Waals surface area contributed by atoms with E-state index in [0.717, 1.165) is 51.4 Å². The van der Waals surface area contributed by atoms with Crippen LogP contribution in [0.15, 0.2) is 12.2 Å². The lowest BCUT2D eigenvalue weighted by Gasteiger charge is -2.28. The summed E-state index contributed by atoms with van der Waals surface area (Å²) in [6.07, 6.45) is 30.9. The van der Waals surface area contributed by atoms with Gasteiger partial charge in [-0.3, -0.25) is 14.2 Å². The highest BCUT2D eigenvalue weighted by atomic mass is 31.2. The first-order chi connectivity index (χ1) is 23.5. The van der Waals surface area contributed by atoms with Crippen LogP contribution in [0.4, 0.5) is 0 Å². The van der Waals surface area contributed by atoms with Gasteiger partial charge in [0.2, 0.25) is 0 Å². The van der Waals surface area contributed by atoms with E-state index >= 15 is 0 Å².